The zero-order valence-corrected chi connectivity index (χ0v) is 21.2. The number of rotatable bonds is 6. The average molecular weight is 543 g/mol. The van der Waals surface area contributed by atoms with Gasteiger partial charge in [0.25, 0.3) is 5.56 Å². The molecule has 0 aliphatic carbocycles. The predicted molar refractivity (Wildman–Crippen MR) is 132 cm³/mol. The molecule has 1 saturated heterocycles. The molecule has 0 bridgehead atoms. The maximum absolute atomic E-state index is 12.9. The minimum Gasteiger partial charge on any atom is -0.292 e. The van der Waals surface area contributed by atoms with Gasteiger partial charge < -0.3 is 0 Å². The van der Waals surface area contributed by atoms with Gasteiger partial charge in [-0.1, -0.05) is 6.07 Å². The Hall–Kier alpha value is -2.63. The van der Waals surface area contributed by atoms with Crippen LogP contribution in [-0.2, 0) is 22.7 Å². The summed E-state index contributed by atoms with van der Waals surface area (Å²) in [4.78, 5) is 17.2. The molecule has 0 spiro atoms. The van der Waals surface area contributed by atoms with Gasteiger partial charge in [-0.2, -0.15) is 17.5 Å². The summed E-state index contributed by atoms with van der Waals surface area (Å²) in [6, 6.07) is 9.31. The molecule has 4 heterocycles. The van der Waals surface area contributed by atoms with Crippen LogP contribution in [0.4, 0.5) is 13.2 Å². The van der Waals surface area contributed by atoms with Gasteiger partial charge in [0.2, 0.25) is 10.0 Å². The molecule has 0 unspecified atom stereocenters. The summed E-state index contributed by atoms with van der Waals surface area (Å²) in [7, 11) is -3.83. The molecule has 1 aromatic carbocycles. The van der Waals surface area contributed by atoms with E-state index in [2.05, 4.69) is 4.98 Å². The minimum atomic E-state index is -4.51. The van der Waals surface area contributed by atoms with Crippen LogP contribution in [0.5, 0.6) is 0 Å². The third kappa shape index (κ3) is 4.59. The fourth-order valence-corrected chi connectivity index (χ4v) is 6.51. The molecule has 5 rings (SSSR count). The van der Waals surface area contributed by atoms with E-state index in [4.69, 9.17) is 0 Å². The molecule has 0 amide bonds. The molecular formula is C24H26ClF3N4O3S. The van der Waals surface area contributed by atoms with E-state index in [1.54, 1.807) is 4.57 Å². The van der Waals surface area contributed by atoms with Crippen LogP contribution in [0.25, 0.3) is 16.8 Å². The zero-order chi connectivity index (χ0) is 25.0. The third-order valence-corrected chi connectivity index (χ3v) is 8.82. The summed E-state index contributed by atoms with van der Waals surface area (Å²) in [5.74, 6) is 0.324. The minimum absolute atomic E-state index is 0. The van der Waals surface area contributed by atoms with Crippen molar-refractivity contribution in [1.82, 2.24) is 18.3 Å². The largest absolute Gasteiger partial charge is 0.416 e. The van der Waals surface area contributed by atoms with E-state index in [-0.39, 0.29) is 22.9 Å². The fraction of sp³-hybridized carbons (Fsp3) is 0.417. The Morgan fingerprint density at radius 3 is 2.36 bits per heavy atom. The maximum atomic E-state index is 12.9. The highest BCUT2D eigenvalue weighted by molar-refractivity contribution is 7.89. The molecular weight excluding hydrogens is 517 g/mol. The van der Waals surface area contributed by atoms with Crippen molar-refractivity contribution < 1.29 is 21.6 Å². The maximum Gasteiger partial charge on any atom is 0.416 e. The molecule has 1 aliphatic heterocycles. The Bertz CT molecular complexity index is 1520. The second-order valence-corrected chi connectivity index (χ2v) is 11.0. The first-order chi connectivity index (χ1) is 16.6. The van der Waals surface area contributed by atoms with Crippen molar-refractivity contribution in [2.75, 3.05) is 13.1 Å². The van der Waals surface area contributed by atoms with Crippen molar-refractivity contribution in [3.8, 4) is 0 Å². The van der Waals surface area contributed by atoms with Gasteiger partial charge in [0, 0.05) is 19.6 Å². The van der Waals surface area contributed by atoms with Crippen LogP contribution >= 0.6 is 12.4 Å². The molecule has 1 fully saturated rings. The highest BCUT2D eigenvalue weighted by atomic mass is 35.5. The first kappa shape index (κ1) is 26.4. The molecule has 0 atom stereocenters. The number of sulfonamides is 1. The number of halogens is 4. The van der Waals surface area contributed by atoms with Crippen molar-refractivity contribution in [2.24, 2.45) is 5.92 Å². The topological polar surface area (TPSA) is 76.7 Å². The summed E-state index contributed by atoms with van der Waals surface area (Å²) in [6.45, 7) is 3.06. The van der Waals surface area contributed by atoms with Gasteiger partial charge in [0.1, 0.15) is 16.8 Å². The number of hydrogen-bond acceptors (Lipinski definition) is 4. The number of alkyl halides is 3. The predicted octanol–water partition coefficient (Wildman–Crippen LogP) is 4.72. The summed E-state index contributed by atoms with van der Waals surface area (Å²) in [5, 5.41) is 0. The third-order valence-electron chi connectivity index (χ3n) is 6.91. The molecule has 4 aromatic rings. The normalized spacial score (nSPS) is 16.1. The molecule has 36 heavy (non-hydrogen) atoms. The standard InChI is InChI=1S/C24H25F3N4O3S.ClH/c1-16-22-23(32)30(21-6-2-5-20(28-16)31(21)22)13-3-4-17-11-14-29(15-12-17)35(33,34)19-9-7-18(8-10-19)24(25,26)27;/h2,5-10,17H,3-4,11-15H2,1H3;1H. The number of nitrogens with zero attached hydrogens (tertiary/aromatic N) is 4. The van der Waals surface area contributed by atoms with Crippen LogP contribution in [-0.4, -0.2) is 39.8 Å². The van der Waals surface area contributed by atoms with Gasteiger partial charge in [0.05, 0.1) is 16.2 Å². The Kier molecular flexibility index (Phi) is 7.11. The van der Waals surface area contributed by atoms with Crippen LogP contribution in [0.2, 0.25) is 0 Å². The van der Waals surface area contributed by atoms with Gasteiger partial charge in [-0.25, -0.2) is 13.4 Å². The first-order valence-electron chi connectivity index (χ1n) is 11.5. The van der Waals surface area contributed by atoms with Crippen LogP contribution in [0.3, 0.4) is 0 Å². The van der Waals surface area contributed by atoms with Crippen LogP contribution < -0.4 is 5.56 Å². The van der Waals surface area contributed by atoms with Crippen molar-refractivity contribution in [3.05, 3.63) is 64.1 Å². The lowest BCUT2D eigenvalue weighted by molar-refractivity contribution is -0.137. The number of aryl methyl sites for hydroxylation is 2. The van der Waals surface area contributed by atoms with Gasteiger partial charge in [-0.05, 0) is 74.9 Å². The monoisotopic (exact) mass is 542 g/mol. The Balaban J connectivity index is 0.00000304. The van der Waals surface area contributed by atoms with Crippen LogP contribution in [0.15, 0.2) is 52.2 Å². The van der Waals surface area contributed by atoms with E-state index < -0.39 is 21.8 Å². The summed E-state index contributed by atoms with van der Waals surface area (Å²) < 4.78 is 69.1. The molecule has 0 radical (unpaired) electrons. The number of imidazole rings is 2. The second kappa shape index (κ2) is 9.68. The first-order valence-corrected chi connectivity index (χ1v) is 13.0. The molecule has 0 N–H and O–H groups in total. The number of pyridine rings is 1. The van der Waals surface area contributed by atoms with E-state index in [0.717, 1.165) is 48.4 Å². The second-order valence-electron chi connectivity index (χ2n) is 9.09. The highest BCUT2D eigenvalue weighted by Crippen LogP contribution is 2.31. The lowest BCUT2D eigenvalue weighted by Crippen LogP contribution is -2.38. The van der Waals surface area contributed by atoms with E-state index >= 15 is 0 Å². The number of hydrogen-bond donors (Lipinski definition) is 0. The van der Waals surface area contributed by atoms with Gasteiger partial charge >= 0.3 is 6.18 Å². The number of piperidine rings is 1. The molecule has 194 valence electrons. The van der Waals surface area contributed by atoms with E-state index in [9.17, 15) is 26.4 Å². The quantitative estimate of drug-likeness (QED) is 0.353. The molecule has 3 aromatic heterocycles. The van der Waals surface area contributed by atoms with E-state index in [1.807, 2.05) is 29.5 Å². The van der Waals surface area contributed by atoms with Gasteiger partial charge in [-0.15, -0.1) is 12.4 Å². The van der Waals surface area contributed by atoms with Gasteiger partial charge in [0.15, 0.2) is 0 Å². The molecule has 1 aliphatic rings. The SMILES string of the molecule is Cc1nc2cccc3n(CCCC4CCN(S(=O)(=O)c5ccc(C(F)(F)F)cc5)CC4)c(=O)c1n23.Cl. The smallest absolute Gasteiger partial charge is 0.292 e. The zero-order valence-electron chi connectivity index (χ0n) is 19.5. The lowest BCUT2D eigenvalue weighted by Gasteiger charge is -2.31. The van der Waals surface area contributed by atoms with Crippen molar-refractivity contribution in [2.45, 2.75) is 50.2 Å². The van der Waals surface area contributed by atoms with Crippen LogP contribution in [0.1, 0.15) is 36.9 Å². The number of aromatic nitrogens is 3. The summed E-state index contributed by atoms with van der Waals surface area (Å²) in [6.07, 6.45) is -1.51. The average Bonchev–Trinajstić information content (AvgIpc) is 3.32. The summed E-state index contributed by atoms with van der Waals surface area (Å²) in [5.41, 5.74) is 1.98. The fourth-order valence-electron chi connectivity index (χ4n) is 5.04. The van der Waals surface area contributed by atoms with E-state index in [1.165, 1.54) is 4.31 Å². The lowest BCUT2D eigenvalue weighted by atomic mass is 9.93. The van der Waals surface area contributed by atoms with Gasteiger partial charge in [-0.3, -0.25) is 13.8 Å². The van der Waals surface area contributed by atoms with Crippen LogP contribution in [0, 0.1) is 12.8 Å². The summed E-state index contributed by atoms with van der Waals surface area (Å²) >= 11 is 0. The van der Waals surface area contributed by atoms with Crippen molar-refractivity contribution in [1.29, 1.82) is 0 Å². The van der Waals surface area contributed by atoms with Crippen molar-refractivity contribution in [3.63, 3.8) is 0 Å². The molecule has 0 saturated carbocycles. The highest BCUT2D eigenvalue weighted by Gasteiger charge is 2.33. The molecule has 12 heteroatoms. The Morgan fingerprint density at radius 1 is 1.06 bits per heavy atom. The number of benzene rings is 1. The Morgan fingerprint density at radius 2 is 1.72 bits per heavy atom. The van der Waals surface area contributed by atoms with Crippen molar-refractivity contribution >= 4 is 39.2 Å². The van der Waals surface area contributed by atoms with E-state index in [0.29, 0.717) is 49.6 Å². The molecule has 7 nitrogen and oxygen atoms in total. The Labute approximate surface area is 212 Å².